The number of nitrogens with two attached hydrogens (primary N) is 1. The van der Waals surface area contributed by atoms with E-state index in [9.17, 15) is 13.2 Å². The summed E-state index contributed by atoms with van der Waals surface area (Å²) in [7, 11) is 0. The second kappa shape index (κ2) is 5.14. The quantitative estimate of drug-likeness (QED) is 0.830. The lowest BCUT2D eigenvalue weighted by atomic mass is 9.86. The largest absolute Gasteiger partial charge is 0.401 e. The third-order valence-corrected chi connectivity index (χ3v) is 3.83. The fourth-order valence-corrected chi connectivity index (χ4v) is 2.72. The molecule has 2 nitrogen and oxygen atoms in total. The number of alkyl halides is 3. The van der Waals surface area contributed by atoms with Gasteiger partial charge in [-0.05, 0) is 44.4 Å². The van der Waals surface area contributed by atoms with Gasteiger partial charge in [0.05, 0.1) is 6.54 Å². The molecule has 2 fully saturated rings. The van der Waals surface area contributed by atoms with Gasteiger partial charge >= 0.3 is 6.18 Å². The molecule has 0 aliphatic heterocycles. The molecule has 0 spiro atoms. The van der Waals surface area contributed by atoms with E-state index in [4.69, 9.17) is 5.73 Å². The number of nitrogens with zero attached hydrogens (tertiary/aromatic N) is 1. The highest BCUT2D eigenvalue weighted by molar-refractivity contribution is 4.88. The molecule has 0 atom stereocenters. The predicted octanol–water partition coefficient (Wildman–Crippen LogP) is 2.53. The Hall–Kier alpha value is -0.290. The molecule has 5 heteroatoms. The van der Waals surface area contributed by atoms with Gasteiger partial charge in [0.2, 0.25) is 0 Å². The first-order valence-electron chi connectivity index (χ1n) is 6.50. The van der Waals surface area contributed by atoms with Gasteiger partial charge in [-0.25, -0.2) is 0 Å². The van der Waals surface area contributed by atoms with E-state index in [0.717, 1.165) is 38.5 Å². The minimum absolute atomic E-state index is 0.187. The van der Waals surface area contributed by atoms with Gasteiger partial charge in [0, 0.05) is 18.6 Å². The lowest BCUT2D eigenvalue weighted by Gasteiger charge is -2.32. The second-order valence-electron chi connectivity index (χ2n) is 5.56. The summed E-state index contributed by atoms with van der Waals surface area (Å²) in [5.41, 5.74) is 5.81. The summed E-state index contributed by atoms with van der Waals surface area (Å²) in [4.78, 5) is 1.64. The van der Waals surface area contributed by atoms with Gasteiger partial charge in [0.1, 0.15) is 0 Å². The summed E-state index contributed by atoms with van der Waals surface area (Å²) < 4.78 is 37.3. The molecule has 0 unspecified atom stereocenters. The predicted molar refractivity (Wildman–Crippen MR) is 60.6 cm³/mol. The first-order chi connectivity index (χ1) is 7.94. The van der Waals surface area contributed by atoms with E-state index in [2.05, 4.69) is 0 Å². The van der Waals surface area contributed by atoms with Crippen molar-refractivity contribution < 1.29 is 13.2 Å². The normalized spacial score (nSPS) is 30.9. The van der Waals surface area contributed by atoms with Gasteiger partial charge in [-0.3, -0.25) is 4.90 Å². The number of halogens is 3. The molecule has 2 saturated carbocycles. The van der Waals surface area contributed by atoms with Crippen LogP contribution >= 0.6 is 0 Å². The molecular formula is C12H21F3N2. The van der Waals surface area contributed by atoms with E-state index in [1.54, 1.807) is 4.90 Å². The molecule has 0 radical (unpaired) electrons. The van der Waals surface area contributed by atoms with Gasteiger partial charge in [-0.15, -0.1) is 0 Å². The van der Waals surface area contributed by atoms with Gasteiger partial charge < -0.3 is 5.73 Å². The Kier molecular flexibility index (Phi) is 3.98. The molecule has 0 amide bonds. The van der Waals surface area contributed by atoms with E-state index in [-0.39, 0.29) is 12.1 Å². The fourth-order valence-electron chi connectivity index (χ4n) is 2.72. The molecule has 2 N–H and O–H groups in total. The topological polar surface area (TPSA) is 29.3 Å². The maximum Gasteiger partial charge on any atom is 0.401 e. The summed E-state index contributed by atoms with van der Waals surface area (Å²) in [6.07, 6.45) is 1.72. The number of hydrogen-bond acceptors (Lipinski definition) is 2. The zero-order valence-corrected chi connectivity index (χ0v) is 10.0. The van der Waals surface area contributed by atoms with Crippen LogP contribution in [0.15, 0.2) is 0 Å². The first-order valence-corrected chi connectivity index (χ1v) is 6.50. The summed E-state index contributed by atoms with van der Waals surface area (Å²) in [5, 5.41) is 0. The minimum Gasteiger partial charge on any atom is -0.328 e. The fraction of sp³-hybridized carbons (Fsp3) is 1.00. The smallest absolute Gasteiger partial charge is 0.328 e. The van der Waals surface area contributed by atoms with Gasteiger partial charge in [0.15, 0.2) is 0 Å². The molecule has 0 bridgehead atoms. The number of hydrogen-bond donors (Lipinski definition) is 1. The maximum atomic E-state index is 12.4. The molecule has 17 heavy (non-hydrogen) atoms. The summed E-state index contributed by atoms with van der Waals surface area (Å²) in [6.45, 7) is -0.128. The Morgan fingerprint density at radius 2 is 1.59 bits per heavy atom. The van der Waals surface area contributed by atoms with E-state index in [0.29, 0.717) is 12.5 Å². The Bertz CT molecular complexity index is 243. The van der Waals surface area contributed by atoms with E-state index in [1.807, 2.05) is 0 Å². The van der Waals surface area contributed by atoms with Crippen LogP contribution in [0, 0.1) is 5.92 Å². The van der Waals surface area contributed by atoms with Crippen molar-refractivity contribution in [1.29, 1.82) is 0 Å². The Balaban J connectivity index is 1.81. The van der Waals surface area contributed by atoms with Crippen molar-refractivity contribution in [3.05, 3.63) is 0 Å². The number of rotatable bonds is 4. The lowest BCUT2D eigenvalue weighted by Crippen LogP contribution is -2.40. The van der Waals surface area contributed by atoms with Crippen LogP contribution in [0.1, 0.15) is 38.5 Å². The zero-order chi connectivity index (χ0) is 12.5. The van der Waals surface area contributed by atoms with Crippen LogP contribution < -0.4 is 5.73 Å². The van der Waals surface area contributed by atoms with Crippen molar-refractivity contribution in [2.75, 3.05) is 13.1 Å². The molecule has 2 rings (SSSR count). The van der Waals surface area contributed by atoms with Crippen LogP contribution in [0.2, 0.25) is 0 Å². The molecule has 0 aromatic rings. The van der Waals surface area contributed by atoms with Gasteiger partial charge in [-0.1, -0.05) is 0 Å². The van der Waals surface area contributed by atoms with Crippen molar-refractivity contribution in [2.24, 2.45) is 11.7 Å². The molecule has 2 aliphatic carbocycles. The monoisotopic (exact) mass is 250 g/mol. The highest BCUT2D eigenvalue weighted by atomic mass is 19.4. The zero-order valence-electron chi connectivity index (χ0n) is 10.0. The molecular weight excluding hydrogens is 229 g/mol. The van der Waals surface area contributed by atoms with Crippen LogP contribution in [0.25, 0.3) is 0 Å². The summed E-state index contributed by atoms with van der Waals surface area (Å²) in [5.74, 6) is 0.415. The van der Waals surface area contributed by atoms with E-state index >= 15 is 0 Å². The average Bonchev–Trinajstić information content (AvgIpc) is 3.01. The molecule has 0 saturated heterocycles. The van der Waals surface area contributed by atoms with Crippen molar-refractivity contribution >= 4 is 0 Å². The maximum absolute atomic E-state index is 12.4. The highest BCUT2D eigenvalue weighted by Crippen LogP contribution is 2.33. The van der Waals surface area contributed by atoms with Crippen molar-refractivity contribution in [3.8, 4) is 0 Å². The molecule has 0 heterocycles. The van der Waals surface area contributed by atoms with Crippen molar-refractivity contribution in [1.82, 2.24) is 4.90 Å². The van der Waals surface area contributed by atoms with E-state index < -0.39 is 12.7 Å². The molecule has 0 aromatic heterocycles. The second-order valence-corrected chi connectivity index (χ2v) is 5.56. The van der Waals surface area contributed by atoms with Crippen LogP contribution in [-0.4, -0.2) is 36.2 Å². The molecule has 100 valence electrons. The Morgan fingerprint density at radius 3 is 2.06 bits per heavy atom. The lowest BCUT2D eigenvalue weighted by molar-refractivity contribution is -0.148. The van der Waals surface area contributed by atoms with Crippen LogP contribution in [0.3, 0.4) is 0 Å². The average molecular weight is 250 g/mol. The summed E-state index contributed by atoms with van der Waals surface area (Å²) >= 11 is 0. The van der Waals surface area contributed by atoms with Crippen molar-refractivity contribution in [3.63, 3.8) is 0 Å². The van der Waals surface area contributed by atoms with Gasteiger partial charge in [0.25, 0.3) is 0 Å². The third-order valence-electron chi connectivity index (χ3n) is 3.83. The van der Waals surface area contributed by atoms with Crippen molar-refractivity contribution in [2.45, 2.75) is 56.8 Å². The third kappa shape index (κ3) is 4.47. The van der Waals surface area contributed by atoms with Gasteiger partial charge in [-0.2, -0.15) is 13.2 Å². The van der Waals surface area contributed by atoms with E-state index in [1.165, 1.54) is 0 Å². The Morgan fingerprint density at radius 1 is 1.00 bits per heavy atom. The highest BCUT2D eigenvalue weighted by Gasteiger charge is 2.39. The molecule has 0 aromatic carbocycles. The molecule has 2 aliphatic rings. The van der Waals surface area contributed by atoms with Crippen LogP contribution in [-0.2, 0) is 0 Å². The van der Waals surface area contributed by atoms with Crippen LogP contribution in [0.5, 0.6) is 0 Å². The standard InChI is InChI=1S/C12H21F3N2/c13-12(14,15)8-17(11-5-6-11)7-9-1-3-10(16)4-2-9/h9-11H,1-8,16H2. The summed E-state index contributed by atoms with van der Waals surface area (Å²) in [6, 6.07) is 0.454. The first kappa shape index (κ1) is 13.1. The minimum atomic E-state index is -4.06. The Labute approximate surface area is 100 Å². The van der Waals surface area contributed by atoms with Crippen LogP contribution in [0.4, 0.5) is 13.2 Å². The SMILES string of the molecule is NC1CCC(CN(CC(F)(F)F)C2CC2)CC1.